The topological polar surface area (TPSA) is 71.0 Å². The molecule has 0 saturated carbocycles. The normalized spacial score (nSPS) is 13.9. The van der Waals surface area contributed by atoms with Crippen LogP contribution < -0.4 is 15.1 Å². The molecule has 9 heteroatoms. The molecule has 1 aliphatic rings. The predicted octanol–water partition coefficient (Wildman–Crippen LogP) is 3.40. The second-order valence-electron chi connectivity index (χ2n) is 5.71. The summed E-state index contributed by atoms with van der Waals surface area (Å²) in [4.78, 5) is 25.6. The highest BCUT2D eigenvalue weighted by Crippen LogP contribution is 2.31. The van der Waals surface area contributed by atoms with E-state index in [1.54, 1.807) is 31.2 Å². The van der Waals surface area contributed by atoms with E-state index in [-0.39, 0.29) is 34.8 Å². The van der Waals surface area contributed by atoms with Crippen LogP contribution in [0.4, 0.5) is 10.1 Å². The first-order valence-electron chi connectivity index (χ1n) is 7.87. The minimum atomic E-state index is -0.646. The number of hydrazone groups is 1. The van der Waals surface area contributed by atoms with Crippen LogP contribution in [-0.2, 0) is 9.59 Å². The zero-order chi connectivity index (χ0) is 19.6. The number of para-hydroxylation sites is 2. The van der Waals surface area contributed by atoms with E-state index < -0.39 is 11.7 Å². The summed E-state index contributed by atoms with van der Waals surface area (Å²) in [6.07, 6.45) is 0. The molecule has 1 N–H and O–H groups in total. The standard InChI is InChI=1S/C18H14Cl2FN3O3/c1-10(11-6-14(21)13(20)7-12(11)19)22-23-17(25)8-24-15-4-2-3-5-16(15)27-9-18(24)26/h2-7H,8-9H2,1H3,(H,23,25)/b22-10-. The number of fused-ring (bicyclic) bond motifs is 1. The van der Waals surface area contributed by atoms with Crippen molar-refractivity contribution in [2.75, 3.05) is 18.1 Å². The largest absolute Gasteiger partial charge is 0.482 e. The van der Waals surface area contributed by atoms with Crippen LogP contribution in [0, 0.1) is 5.82 Å². The number of nitrogens with one attached hydrogen (secondary N) is 1. The third-order valence-electron chi connectivity index (χ3n) is 3.86. The monoisotopic (exact) mass is 409 g/mol. The van der Waals surface area contributed by atoms with Crippen molar-refractivity contribution in [3.63, 3.8) is 0 Å². The molecule has 1 heterocycles. The number of rotatable bonds is 4. The summed E-state index contributed by atoms with van der Waals surface area (Å²) in [5.74, 6) is -0.988. The Balaban J connectivity index is 1.72. The van der Waals surface area contributed by atoms with Gasteiger partial charge in [-0.1, -0.05) is 35.3 Å². The van der Waals surface area contributed by atoms with Crippen molar-refractivity contribution in [3.05, 3.63) is 57.8 Å². The van der Waals surface area contributed by atoms with Gasteiger partial charge in [-0.3, -0.25) is 14.5 Å². The van der Waals surface area contributed by atoms with Gasteiger partial charge in [0.25, 0.3) is 11.8 Å². The number of benzene rings is 2. The Morgan fingerprint density at radius 2 is 2.04 bits per heavy atom. The van der Waals surface area contributed by atoms with E-state index in [1.165, 1.54) is 11.0 Å². The minimum Gasteiger partial charge on any atom is -0.482 e. The summed E-state index contributed by atoms with van der Waals surface area (Å²) in [7, 11) is 0. The van der Waals surface area contributed by atoms with Crippen LogP contribution in [0.1, 0.15) is 12.5 Å². The zero-order valence-electron chi connectivity index (χ0n) is 14.1. The molecule has 0 saturated heterocycles. The Morgan fingerprint density at radius 1 is 1.30 bits per heavy atom. The van der Waals surface area contributed by atoms with Crippen LogP contribution in [0.2, 0.25) is 10.0 Å². The molecule has 0 fully saturated rings. The second kappa shape index (κ2) is 7.94. The van der Waals surface area contributed by atoms with Gasteiger partial charge in [0.15, 0.2) is 6.61 Å². The molecule has 0 bridgehead atoms. The van der Waals surface area contributed by atoms with Crippen LogP contribution in [0.5, 0.6) is 5.75 Å². The van der Waals surface area contributed by atoms with E-state index in [9.17, 15) is 14.0 Å². The number of hydrogen-bond acceptors (Lipinski definition) is 4. The molecule has 0 unspecified atom stereocenters. The van der Waals surface area contributed by atoms with Crippen molar-refractivity contribution in [1.82, 2.24) is 5.43 Å². The second-order valence-corrected chi connectivity index (χ2v) is 6.53. The van der Waals surface area contributed by atoms with Crippen LogP contribution in [0.25, 0.3) is 0 Å². The molecule has 0 aliphatic carbocycles. The summed E-state index contributed by atoms with van der Waals surface area (Å²) in [5, 5.41) is 4.02. The number of amides is 2. The lowest BCUT2D eigenvalue weighted by atomic mass is 10.1. The molecule has 2 aromatic rings. The first-order chi connectivity index (χ1) is 12.9. The SMILES string of the molecule is C/C(=N/NC(=O)CN1C(=O)COc2ccccc21)c1cc(F)c(Cl)cc1Cl. The van der Waals surface area contributed by atoms with Gasteiger partial charge < -0.3 is 4.74 Å². The smallest absolute Gasteiger partial charge is 0.265 e. The fourth-order valence-corrected chi connectivity index (χ4v) is 3.03. The van der Waals surface area contributed by atoms with Crippen molar-refractivity contribution < 1.29 is 18.7 Å². The van der Waals surface area contributed by atoms with Gasteiger partial charge in [-0.15, -0.1) is 0 Å². The average molecular weight is 410 g/mol. The van der Waals surface area contributed by atoms with Gasteiger partial charge in [-0.05, 0) is 31.2 Å². The molecule has 2 amide bonds. The molecule has 0 spiro atoms. The number of nitrogens with zero attached hydrogens (tertiary/aromatic N) is 2. The molecule has 6 nitrogen and oxygen atoms in total. The van der Waals surface area contributed by atoms with E-state index in [2.05, 4.69) is 10.5 Å². The molecule has 27 heavy (non-hydrogen) atoms. The molecule has 0 atom stereocenters. The van der Waals surface area contributed by atoms with E-state index in [1.807, 2.05) is 0 Å². The van der Waals surface area contributed by atoms with E-state index in [0.29, 0.717) is 17.0 Å². The van der Waals surface area contributed by atoms with Crippen molar-refractivity contribution >= 4 is 46.4 Å². The fraction of sp³-hybridized carbons (Fsp3) is 0.167. The van der Waals surface area contributed by atoms with Crippen molar-refractivity contribution in [3.8, 4) is 5.75 Å². The highest BCUT2D eigenvalue weighted by Gasteiger charge is 2.26. The predicted molar refractivity (Wildman–Crippen MR) is 101 cm³/mol. The molecule has 0 radical (unpaired) electrons. The third kappa shape index (κ3) is 4.20. The number of carbonyl (C=O) groups is 2. The third-order valence-corrected chi connectivity index (χ3v) is 4.46. The zero-order valence-corrected chi connectivity index (χ0v) is 15.6. The summed E-state index contributed by atoms with van der Waals surface area (Å²) in [5.41, 5.74) is 3.44. The molecular formula is C18H14Cl2FN3O3. The van der Waals surface area contributed by atoms with Crippen molar-refractivity contribution in [2.24, 2.45) is 5.10 Å². The van der Waals surface area contributed by atoms with Gasteiger partial charge in [0, 0.05) is 5.56 Å². The van der Waals surface area contributed by atoms with E-state index in [4.69, 9.17) is 27.9 Å². The fourth-order valence-electron chi connectivity index (χ4n) is 2.51. The lowest BCUT2D eigenvalue weighted by molar-refractivity contribution is -0.125. The van der Waals surface area contributed by atoms with E-state index in [0.717, 1.165) is 6.07 Å². The first kappa shape index (κ1) is 19.1. The number of anilines is 1. The van der Waals surface area contributed by atoms with Crippen LogP contribution in [-0.4, -0.2) is 30.7 Å². The van der Waals surface area contributed by atoms with Crippen molar-refractivity contribution in [2.45, 2.75) is 6.92 Å². The Bertz CT molecular complexity index is 949. The Morgan fingerprint density at radius 3 is 2.81 bits per heavy atom. The Hall–Kier alpha value is -2.64. The first-order valence-corrected chi connectivity index (χ1v) is 8.62. The molecule has 2 aromatic carbocycles. The number of ether oxygens (including phenoxy) is 1. The van der Waals surface area contributed by atoms with Gasteiger partial charge in [-0.25, -0.2) is 9.82 Å². The lowest BCUT2D eigenvalue weighted by Crippen LogP contribution is -2.44. The number of hydrogen-bond donors (Lipinski definition) is 1. The highest BCUT2D eigenvalue weighted by molar-refractivity contribution is 6.37. The molecular weight excluding hydrogens is 396 g/mol. The van der Waals surface area contributed by atoms with Gasteiger partial charge in [-0.2, -0.15) is 5.10 Å². The minimum absolute atomic E-state index is 0.106. The molecule has 0 aromatic heterocycles. The summed E-state index contributed by atoms with van der Waals surface area (Å²) in [6.45, 7) is 1.18. The van der Waals surface area contributed by atoms with Gasteiger partial charge in [0.1, 0.15) is 18.1 Å². The van der Waals surface area contributed by atoms with E-state index >= 15 is 0 Å². The maximum absolute atomic E-state index is 13.6. The maximum atomic E-state index is 13.6. The van der Waals surface area contributed by atoms with Crippen LogP contribution in [0.3, 0.4) is 0 Å². The summed E-state index contributed by atoms with van der Waals surface area (Å²) >= 11 is 11.7. The van der Waals surface area contributed by atoms with Gasteiger partial charge >= 0.3 is 0 Å². The average Bonchev–Trinajstić information content (AvgIpc) is 2.65. The number of halogens is 3. The molecule has 3 rings (SSSR count). The maximum Gasteiger partial charge on any atom is 0.265 e. The highest BCUT2D eigenvalue weighted by atomic mass is 35.5. The Labute approximate surface area is 164 Å². The number of carbonyl (C=O) groups excluding carboxylic acids is 2. The molecule has 140 valence electrons. The van der Waals surface area contributed by atoms with Crippen LogP contribution >= 0.6 is 23.2 Å². The summed E-state index contributed by atoms with van der Waals surface area (Å²) in [6, 6.07) is 9.31. The molecule has 1 aliphatic heterocycles. The Kier molecular flexibility index (Phi) is 5.62. The van der Waals surface area contributed by atoms with Crippen LogP contribution in [0.15, 0.2) is 41.5 Å². The van der Waals surface area contributed by atoms with Crippen molar-refractivity contribution in [1.29, 1.82) is 0 Å². The quantitative estimate of drug-likeness (QED) is 0.477. The summed E-state index contributed by atoms with van der Waals surface area (Å²) < 4.78 is 18.9. The van der Waals surface area contributed by atoms with Gasteiger partial charge in [0.05, 0.1) is 21.4 Å². The van der Waals surface area contributed by atoms with Gasteiger partial charge in [0.2, 0.25) is 0 Å². The lowest BCUT2D eigenvalue weighted by Gasteiger charge is -2.28.